The van der Waals surface area contributed by atoms with Crippen molar-refractivity contribution in [2.24, 2.45) is 11.8 Å². The van der Waals surface area contributed by atoms with Crippen molar-refractivity contribution in [1.29, 1.82) is 0 Å². The summed E-state index contributed by atoms with van der Waals surface area (Å²) >= 11 is 0. The largest absolute Gasteiger partial charge is 0.433 e. The predicted molar refractivity (Wildman–Crippen MR) is 140 cm³/mol. The molecule has 40 heavy (non-hydrogen) atoms. The first-order valence-corrected chi connectivity index (χ1v) is 13.3. The molecule has 0 saturated heterocycles. The van der Waals surface area contributed by atoms with Crippen LogP contribution < -0.4 is 10.6 Å². The van der Waals surface area contributed by atoms with Crippen LogP contribution in [-0.2, 0) is 6.18 Å². The van der Waals surface area contributed by atoms with Crippen molar-refractivity contribution in [2.45, 2.75) is 56.3 Å². The van der Waals surface area contributed by atoms with Crippen molar-refractivity contribution < 1.29 is 22.0 Å². The summed E-state index contributed by atoms with van der Waals surface area (Å²) in [6, 6.07) is 10.2. The van der Waals surface area contributed by atoms with E-state index in [0.29, 0.717) is 12.3 Å². The summed E-state index contributed by atoms with van der Waals surface area (Å²) in [5.41, 5.74) is 0.0223. The maximum absolute atomic E-state index is 13.3. The summed E-state index contributed by atoms with van der Waals surface area (Å²) < 4.78 is 66.5. The van der Waals surface area contributed by atoms with Crippen molar-refractivity contribution in [3.05, 3.63) is 83.6 Å². The molecule has 0 radical (unpaired) electrons. The molecule has 0 aliphatic heterocycles. The van der Waals surface area contributed by atoms with Crippen LogP contribution in [0.2, 0.25) is 0 Å². The highest BCUT2D eigenvalue weighted by molar-refractivity contribution is 5.54. The molecule has 2 saturated carbocycles. The van der Waals surface area contributed by atoms with Crippen LogP contribution in [0.15, 0.2) is 66.5 Å². The smallest absolute Gasteiger partial charge is 0.351 e. The highest BCUT2D eigenvalue weighted by atomic mass is 19.4. The Bertz CT molecular complexity index is 1430. The van der Waals surface area contributed by atoms with Gasteiger partial charge >= 0.3 is 6.18 Å². The number of benzene rings is 1. The highest BCUT2D eigenvalue weighted by Gasteiger charge is 2.36. The molecule has 1 aromatic carbocycles. The van der Waals surface area contributed by atoms with E-state index in [2.05, 4.69) is 30.6 Å². The lowest BCUT2D eigenvalue weighted by Gasteiger charge is -2.40. The van der Waals surface area contributed by atoms with E-state index >= 15 is 0 Å². The Morgan fingerprint density at radius 2 is 1.45 bits per heavy atom. The molecule has 1 unspecified atom stereocenters. The van der Waals surface area contributed by atoms with Crippen LogP contribution in [0.4, 0.5) is 33.8 Å². The number of nitrogens with one attached hydrogen (secondary N) is 2. The van der Waals surface area contributed by atoms with Gasteiger partial charge in [-0.25, -0.2) is 13.8 Å². The van der Waals surface area contributed by atoms with Crippen LogP contribution >= 0.6 is 0 Å². The zero-order valence-corrected chi connectivity index (χ0v) is 21.4. The fourth-order valence-electron chi connectivity index (χ4n) is 5.53. The minimum Gasteiger partial charge on any atom is -0.351 e. The summed E-state index contributed by atoms with van der Waals surface area (Å²) in [6.45, 7) is 0. The molecule has 0 bridgehead atoms. The molecular weight excluding hydrogens is 527 g/mol. The minimum absolute atomic E-state index is 0.00577. The summed E-state index contributed by atoms with van der Waals surface area (Å²) in [7, 11) is 0. The molecule has 2 heterocycles. The van der Waals surface area contributed by atoms with Gasteiger partial charge < -0.3 is 10.6 Å². The number of hydrogen-bond acceptors (Lipinski definition) is 6. The molecule has 2 fully saturated rings. The minimum atomic E-state index is -4.60. The highest BCUT2D eigenvalue weighted by Crippen LogP contribution is 2.40. The number of aromatic nitrogens is 4. The van der Waals surface area contributed by atoms with Crippen molar-refractivity contribution >= 4 is 11.9 Å². The number of allylic oxidation sites excluding steroid dienone is 4. The van der Waals surface area contributed by atoms with Crippen LogP contribution in [0.25, 0.3) is 11.5 Å². The lowest BCUT2D eigenvalue weighted by atomic mass is 9.70. The number of alkyl halides is 3. The third-order valence-corrected chi connectivity index (χ3v) is 7.92. The molecular formula is C29H27F5N6. The van der Waals surface area contributed by atoms with Crippen LogP contribution in [0, 0.1) is 17.7 Å². The molecule has 11 heteroatoms. The zero-order valence-electron chi connectivity index (χ0n) is 21.4. The summed E-state index contributed by atoms with van der Waals surface area (Å²) in [6.07, 6.45) is 4.35. The number of nitrogens with zero attached hydrogens (tertiary/aromatic N) is 4. The molecule has 6 rings (SSSR count). The standard InChI is InChI=1S/C29H27F5N6/c30-20-8-4-16(5-9-20)18-12-22(13-18)35-27-38-26(24-2-1-3-25(37-24)29(32,33)34)39-28(40-27)36-23-14-19(15-23)17-6-10-21(31)11-7-17/h1-6,8-11,17-19,22-23H,7,12-15H2,(H2,35,36,38,39,40)/t17?,18-,19-,22-,23-. The maximum Gasteiger partial charge on any atom is 0.433 e. The monoisotopic (exact) mass is 554 g/mol. The van der Waals surface area contributed by atoms with Crippen LogP contribution in [0.5, 0.6) is 0 Å². The lowest BCUT2D eigenvalue weighted by Crippen LogP contribution is -2.39. The Hall–Kier alpha value is -3.89. The van der Waals surface area contributed by atoms with Gasteiger partial charge in [0, 0.05) is 12.1 Å². The molecule has 6 nitrogen and oxygen atoms in total. The van der Waals surface area contributed by atoms with E-state index in [0.717, 1.165) is 37.3 Å². The first-order chi connectivity index (χ1) is 19.2. The first kappa shape index (κ1) is 26.3. The quantitative estimate of drug-likeness (QED) is 0.304. The molecule has 208 valence electrons. The molecule has 3 aliphatic rings. The van der Waals surface area contributed by atoms with E-state index in [1.165, 1.54) is 30.3 Å². The normalized spacial score (nSPS) is 25.9. The predicted octanol–water partition coefficient (Wildman–Crippen LogP) is 7.07. The van der Waals surface area contributed by atoms with Crippen molar-refractivity contribution in [3.63, 3.8) is 0 Å². The average Bonchev–Trinajstić information content (AvgIpc) is 2.89. The van der Waals surface area contributed by atoms with Crippen molar-refractivity contribution in [2.75, 3.05) is 10.6 Å². The number of pyridine rings is 1. The number of halogens is 5. The second-order valence-electron chi connectivity index (χ2n) is 10.7. The molecule has 0 spiro atoms. The summed E-state index contributed by atoms with van der Waals surface area (Å²) in [4.78, 5) is 17.1. The average molecular weight is 555 g/mol. The number of rotatable bonds is 7. The Morgan fingerprint density at radius 1 is 0.775 bits per heavy atom. The second kappa shape index (κ2) is 10.6. The Kier molecular flexibility index (Phi) is 6.97. The van der Waals surface area contributed by atoms with Gasteiger partial charge in [-0.3, -0.25) is 0 Å². The van der Waals surface area contributed by atoms with Gasteiger partial charge in [-0.2, -0.15) is 28.1 Å². The van der Waals surface area contributed by atoms with Crippen molar-refractivity contribution in [1.82, 2.24) is 19.9 Å². The van der Waals surface area contributed by atoms with E-state index in [1.54, 1.807) is 18.2 Å². The summed E-state index contributed by atoms with van der Waals surface area (Å²) in [5, 5.41) is 6.58. The topological polar surface area (TPSA) is 75.6 Å². The van der Waals surface area contributed by atoms with Gasteiger partial charge in [-0.05, 0) is 91.8 Å². The summed E-state index contributed by atoms with van der Waals surface area (Å²) in [5.74, 6) is 1.01. The van der Waals surface area contributed by atoms with E-state index in [-0.39, 0.29) is 59.0 Å². The Labute approximate surface area is 227 Å². The van der Waals surface area contributed by atoms with Crippen LogP contribution in [0.3, 0.4) is 0 Å². The van der Waals surface area contributed by atoms with Gasteiger partial charge in [0.2, 0.25) is 11.9 Å². The van der Waals surface area contributed by atoms with Crippen LogP contribution in [-0.4, -0.2) is 32.0 Å². The molecule has 0 amide bonds. The van der Waals surface area contributed by atoms with E-state index < -0.39 is 11.9 Å². The van der Waals surface area contributed by atoms with Gasteiger partial charge in [0.25, 0.3) is 0 Å². The fourth-order valence-corrected chi connectivity index (χ4v) is 5.53. The van der Waals surface area contributed by atoms with Gasteiger partial charge in [-0.15, -0.1) is 0 Å². The van der Waals surface area contributed by atoms with E-state index in [9.17, 15) is 22.0 Å². The number of anilines is 2. The first-order valence-electron chi connectivity index (χ1n) is 13.3. The third kappa shape index (κ3) is 5.83. The third-order valence-electron chi connectivity index (χ3n) is 7.92. The molecule has 2 N–H and O–H groups in total. The van der Waals surface area contributed by atoms with Crippen LogP contribution in [0.1, 0.15) is 49.3 Å². The maximum atomic E-state index is 13.3. The molecule has 3 aromatic rings. The van der Waals surface area contributed by atoms with E-state index in [4.69, 9.17) is 0 Å². The van der Waals surface area contributed by atoms with Gasteiger partial charge in [0.05, 0.1) is 0 Å². The lowest BCUT2D eigenvalue weighted by molar-refractivity contribution is -0.141. The SMILES string of the molecule is FC1=CCC([C@H]2C[C@H](Nc3nc(N[C@H]4C[C@H](c5ccc(F)cc5)C4)nc(-c4cccc(C(F)(F)F)n4)n3)C2)C=C1. The van der Waals surface area contributed by atoms with Gasteiger partial charge in [0.15, 0.2) is 5.82 Å². The second-order valence-corrected chi connectivity index (χ2v) is 10.7. The number of hydrogen-bond donors (Lipinski definition) is 2. The van der Waals surface area contributed by atoms with Crippen molar-refractivity contribution in [3.8, 4) is 11.5 Å². The Morgan fingerprint density at radius 3 is 2.08 bits per heavy atom. The molecule has 1 atom stereocenters. The molecule has 3 aliphatic carbocycles. The van der Waals surface area contributed by atoms with Gasteiger partial charge in [-0.1, -0.05) is 24.3 Å². The van der Waals surface area contributed by atoms with Gasteiger partial charge in [0.1, 0.15) is 23.0 Å². The van der Waals surface area contributed by atoms with E-state index in [1.807, 2.05) is 6.08 Å². The zero-order chi connectivity index (χ0) is 27.9. The molecule has 2 aromatic heterocycles. The Balaban J connectivity index is 1.17. The fraction of sp³-hybridized carbons (Fsp3) is 0.379.